The predicted octanol–water partition coefficient (Wildman–Crippen LogP) is 4.06. The van der Waals surface area contributed by atoms with Crippen molar-refractivity contribution in [1.82, 2.24) is 4.90 Å². The van der Waals surface area contributed by atoms with Gasteiger partial charge in [-0.15, -0.1) is 0 Å². The molecule has 0 saturated carbocycles. The van der Waals surface area contributed by atoms with Gasteiger partial charge >= 0.3 is 5.97 Å². The number of likely N-dealkylation sites (N-methyl/N-ethyl adjacent to an activating group) is 1. The van der Waals surface area contributed by atoms with Crippen LogP contribution in [-0.2, 0) is 9.53 Å². The molecular formula is C18H37N3O2. The number of rotatable bonds is 15. The van der Waals surface area contributed by atoms with Crippen LogP contribution in [0.25, 0.3) is 0 Å². The Balaban J connectivity index is 3.25. The fourth-order valence-electron chi connectivity index (χ4n) is 2.42. The van der Waals surface area contributed by atoms with Crippen molar-refractivity contribution in [3.05, 3.63) is 0 Å². The van der Waals surface area contributed by atoms with E-state index in [0.29, 0.717) is 19.6 Å². The van der Waals surface area contributed by atoms with E-state index < -0.39 is 0 Å². The highest BCUT2D eigenvalue weighted by Crippen LogP contribution is 2.12. The lowest BCUT2D eigenvalue weighted by molar-refractivity contribution is -0.143. The van der Waals surface area contributed by atoms with Gasteiger partial charge in [-0.05, 0) is 6.42 Å². The maximum absolute atomic E-state index is 11.5. The molecule has 0 aromatic heterocycles. The van der Waals surface area contributed by atoms with Crippen molar-refractivity contribution in [2.75, 3.05) is 20.2 Å². The van der Waals surface area contributed by atoms with E-state index in [1.165, 1.54) is 57.8 Å². The summed E-state index contributed by atoms with van der Waals surface area (Å²) in [6, 6.07) is 0. The summed E-state index contributed by atoms with van der Waals surface area (Å²) in [4.78, 5) is 13.1. The Bertz CT molecular complexity index is 309. The van der Waals surface area contributed by atoms with E-state index in [4.69, 9.17) is 15.9 Å². The number of carbonyl (C=O) groups is 1. The minimum atomic E-state index is -0.141. The van der Waals surface area contributed by atoms with Gasteiger partial charge in [-0.25, -0.2) is 0 Å². The summed E-state index contributed by atoms with van der Waals surface area (Å²) in [7, 11) is 1.71. The van der Waals surface area contributed by atoms with Crippen molar-refractivity contribution in [2.45, 2.75) is 84.0 Å². The minimum Gasteiger partial charge on any atom is -0.464 e. The molecule has 0 aromatic rings. The number of esters is 1. The van der Waals surface area contributed by atoms with E-state index in [0.717, 1.165) is 12.8 Å². The number of nitrogens with two attached hydrogens (primary N) is 1. The molecule has 0 radical (unpaired) electrons. The van der Waals surface area contributed by atoms with Crippen LogP contribution in [0.3, 0.4) is 0 Å². The van der Waals surface area contributed by atoms with E-state index >= 15 is 0 Å². The third-order valence-electron chi connectivity index (χ3n) is 4.09. The molecule has 0 spiro atoms. The lowest BCUT2D eigenvalue weighted by atomic mass is 10.1. The molecule has 0 saturated heterocycles. The van der Waals surface area contributed by atoms with E-state index in [1.54, 1.807) is 11.9 Å². The van der Waals surface area contributed by atoms with Crippen LogP contribution < -0.4 is 5.73 Å². The molecule has 0 fully saturated rings. The highest BCUT2D eigenvalue weighted by atomic mass is 16.5. The van der Waals surface area contributed by atoms with Gasteiger partial charge in [0.05, 0.1) is 6.54 Å². The summed E-state index contributed by atoms with van der Waals surface area (Å²) in [5, 5.41) is 7.20. The molecule has 0 aliphatic rings. The maximum atomic E-state index is 11.5. The molecule has 5 nitrogen and oxygen atoms in total. The third kappa shape index (κ3) is 15.4. The molecule has 0 aliphatic carbocycles. The molecule has 0 heterocycles. The van der Waals surface area contributed by atoms with E-state index in [2.05, 4.69) is 6.92 Å². The largest absolute Gasteiger partial charge is 0.464 e. The highest BCUT2D eigenvalue weighted by molar-refractivity contribution is 5.74. The van der Waals surface area contributed by atoms with Crippen LogP contribution in [0.4, 0.5) is 0 Å². The zero-order valence-electron chi connectivity index (χ0n) is 15.2. The molecule has 0 rings (SSSR count). The Morgan fingerprint density at radius 3 is 1.91 bits per heavy atom. The Hall–Kier alpha value is -1.26. The van der Waals surface area contributed by atoms with E-state index in [9.17, 15) is 4.79 Å². The second kappa shape index (κ2) is 15.6. The number of guanidine groups is 1. The summed E-state index contributed by atoms with van der Waals surface area (Å²) < 4.78 is 5.12. The van der Waals surface area contributed by atoms with E-state index in [-0.39, 0.29) is 11.9 Å². The maximum Gasteiger partial charge on any atom is 0.305 e. The Labute approximate surface area is 142 Å². The van der Waals surface area contributed by atoms with Crippen molar-refractivity contribution in [3.8, 4) is 0 Å². The van der Waals surface area contributed by atoms with Gasteiger partial charge in [-0.2, -0.15) is 0 Å². The molecule has 5 heteroatoms. The average Bonchev–Trinajstić information content (AvgIpc) is 2.52. The van der Waals surface area contributed by atoms with Crippen LogP contribution in [0.2, 0.25) is 0 Å². The number of carbonyl (C=O) groups excluding carboxylic acids is 1. The number of hydrogen-bond donors (Lipinski definition) is 2. The van der Waals surface area contributed by atoms with Gasteiger partial charge in [0.2, 0.25) is 0 Å². The van der Waals surface area contributed by atoms with Gasteiger partial charge in [0, 0.05) is 13.5 Å². The first-order chi connectivity index (χ1) is 11.1. The van der Waals surface area contributed by atoms with Gasteiger partial charge < -0.3 is 15.4 Å². The molecule has 0 bridgehead atoms. The average molecular weight is 328 g/mol. The summed E-state index contributed by atoms with van der Waals surface area (Å²) in [6.07, 6.45) is 14.6. The SMILES string of the molecule is CCCCCCCCCCCCCC(=O)OCCN(C)C(=N)N. The lowest BCUT2D eigenvalue weighted by Gasteiger charge is -2.16. The molecule has 0 amide bonds. The van der Waals surface area contributed by atoms with Crippen LogP contribution in [0.15, 0.2) is 0 Å². The second-order valence-corrected chi connectivity index (χ2v) is 6.31. The molecule has 0 atom stereocenters. The zero-order chi connectivity index (χ0) is 17.3. The summed E-state index contributed by atoms with van der Waals surface area (Å²) in [6.45, 7) is 3.02. The van der Waals surface area contributed by atoms with Crippen molar-refractivity contribution in [2.24, 2.45) is 5.73 Å². The summed E-state index contributed by atoms with van der Waals surface area (Å²) in [5.74, 6) is -0.149. The number of hydrogen-bond acceptors (Lipinski definition) is 3. The van der Waals surface area contributed by atoms with Crippen molar-refractivity contribution >= 4 is 11.9 Å². The number of ether oxygens (including phenoxy) is 1. The molecule has 23 heavy (non-hydrogen) atoms. The number of nitrogens with zero attached hydrogens (tertiary/aromatic N) is 1. The van der Waals surface area contributed by atoms with E-state index in [1.807, 2.05) is 0 Å². The lowest BCUT2D eigenvalue weighted by Crippen LogP contribution is -2.35. The first kappa shape index (κ1) is 21.7. The molecular weight excluding hydrogens is 290 g/mol. The molecule has 3 N–H and O–H groups in total. The predicted molar refractivity (Wildman–Crippen MR) is 96.6 cm³/mol. The normalized spacial score (nSPS) is 10.5. The van der Waals surface area contributed by atoms with Crippen molar-refractivity contribution in [3.63, 3.8) is 0 Å². The third-order valence-corrected chi connectivity index (χ3v) is 4.09. The van der Waals surface area contributed by atoms with Gasteiger partial charge in [0.15, 0.2) is 5.96 Å². The summed E-state index contributed by atoms with van der Waals surface area (Å²) >= 11 is 0. The smallest absolute Gasteiger partial charge is 0.305 e. The first-order valence-corrected chi connectivity index (χ1v) is 9.28. The fraction of sp³-hybridized carbons (Fsp3) is 0.889. The standard InChI is InChI=1S/C18H37N3O2/c1-3-4-5-6-7-8-9-10-11-12-13-14-17(22)23-16-15-21(2)18(19)20/h3-16H2,1-2H3,(H3,19,20). The van der Waals surface area contributed by atoms with Gasteiger partial charge in [-0.1, -0.05) is 71.1 Å². The Morgan fingerprint density at radius 1 is 0.957 bits per heavy atom. The van der Waals surface area contributed by atoms with Crippen LogP contribution in [0.1, 0.15) is 84.0 Å². The molecule has 0 aromatic carbocycles. The van der Waals surface area contributed by atoms with Crippen LogP contribution in [-0.4, -0.2) is 37.0 Å². The van der Waals surface area contributed by atoms with Gasteiger partial charge in [-0.3, -0.25) is 10.2 Å². The monoisotopic (exact) mass is 327 g/mol. The van der Waals surface area contributed by atoms with Crippen LogP contribution in [0.5, 0.6) is 0 Å². The topological polar surface area (TPSA) is 79.4 Å². The molecule has 0 aliphatic heterocycles. The Kier molecular flexibility index (Phi) is 14.8. The zero-order valence-corrected chi connectivity index (χ0v) is 15.2. The number of unbranched alkanes of at least 4 members (excludes halogenated alkanes) is 10. The van der Waals surface area contributed by atoms with Crippen LogP contribution in [0, 0.1) is 5.41 Å². The highest BCUT2D eigenvalue weighted by Gasteiger charge is 2.04. The van der Waals surface area contributed by atoms with Crippen molar-refractivity contribution in [1.29, 1.82) is 5.41 Å². The van der Waals surface area contributed by atoms with Gasteiger partial charge in [0.25, 0.3) is 0 Å². The summed E-state index contributed by atoms with van der Waals surface area (Å²) in [5.41, 5.74) is 5.30. The van der Waals surface area contributed by atoms with Crippen molar-refractivity contribution < 1.29 is 9.53 Å². The Morgan fingerprint density at radius 2 is 1.43 bits per heavy atom. The fourth-order valence-corrected chi connectivity index (χ4v) is 2.42. The number of nitrogens with one attached hydrogen (secondary N) is 1. The quantitative estimate of drug-likeness (QED) is 0.206. The molecule has 0 unspecified atom stereocenters. The van der Waals surface area contributed by atoms with Crippen LogP contribution >= 0.6 is 0 Å². The second-order valence-electron chi connectivity index (χ2n) is 6.31. The minimum absolute atomic E-state index is 0.00795. The first-order valence-electron chi connectivity index (χ1n) is 9.28. The van der Waals surface area contributed by atoms with Gasteiger partial charge in [0.1, 0.15) is 6.61 Å². The molecule has 136 valence electrons.